The number of likely N-dealkylation sites (N-methyl/N-ethyl adjacent to an activating group) is 1. The summed E-state index contributed by atoms with van der Waals surface area (Å²) >= 11 is 0. The first-order valence-electron chi connectivity index (χ1n) is 7.96. The third-order valence-corrected chi connectivity index (χ3v) is 3.72. The number of hydrogen-bond acceptors (Lipinski definition) is 3. The van der Waals surface area contributed by atoms with Gasteiger partial charge in [-0.3, -0.25) is 4.90 Å². The summed E-state index contributed by atoms with van der Waals surface area (Å²) in [4.78, 5) is 1.96. The zero-order chi connectivity index (χ0) is 18.4. The minimum Gasteiger partial charge on any atom is -0.491 e. The van der Waals surface area contributed by atoms with Crippen molar-refractivity contribution in [1.29, 1.82) is 0 Å². The molecule has 2 aromatic rings. The summed E-state index contributed by atoms with van der Waals surface area (Å²) in [6, 6.07) is 12.6. The van der Waals surface area contributed by atoms with Gasteiger partial charge in [-0.1, -0.05) is 29.8 Å². The van der Waals surface area contributed by atoms with Crippen LogP contribution in [0.4, 0.5) is 13.2 Å². The van der Waals surface area contributed by atoms with Gasteiger partial charge in [0.15, 0.2) is 0 Å². The third-order valence-electron chi connectivity index (χ3n) is 3.72. The summed E-state index contributed by atoms with van der Waals surface area (Å²) in [5.74, 6) is 0.299. The first-order chi connectivity index (χ1) is 11.7. The van der Waals surface area contributed by atoms with Crippen molar-refractivity contribution in [2.24, 2.45) is 0 Å². The molecule has 0 aliphatic heterocycles. The Balaban J connectivity index is 1.77. The summed E-state index contributed by atoms with van der Waals surface area (Å²) in [5, 5.41) is 10.0. The molecule has 1 atom stereocenters. The van der Waals surface area contributed by atoms with Gasteiger partial charge in [0.05, 0.1) is 5.56 Å². The molecule has 0 saturated heterocycles. The van der Waals surface area contributed by atoms with Gasteiger partial charge in [-0.2, -0.15) is 13.2 Å². The van der Waals surface area contributed by atoms with Gasteiger partial charge in [0.2, 0.25) is 0 Å². The molecule has 136 valence electrons. The number of ether oxygens (including phenoxy) is 1. The maximum absolute atomic E-state index is 12.5. The van der Waals surface area contributed by atoms with Gasteiger partial charge in [0.25, 0.3) is 0 Å². The van der Waals surface area contributed by atoms with Crippen LogP contribution in [0.2, 0.25) is 0 Å². The summed E-state index contributed by atoms with van der Waals surface area (Å²) in [6.45, 7) is 3.13. The minimum absolute atomic E-state index is 0.0175. The minimum atomic E-state index is -4.36. The van der Waals surface area contributed by atoms with E-state index in [-0.39, 0.29) is 6.61 Å². The van der Waals surface area contributed by atoms with Gasteiger partial charge in [0.1, 0.15) is 18.5 Å². The quantitative estimate of drug-likeness (QED) is 0.820. The Hall–Kier alpha value is -2.05. The molecule has 0 aliphatic carbocycles. The maximum atomic E-state index is 12.5. The Bertz CT molecular complexity index is 654. The number of aliphatic hydroxyl groups is 1. The van der Waals surface area contributed by atoms with Crippen LogP contribution >= 0.6 is 0 Å². The van der Waals surface area contributed by atoms with E-state index in [9.17, 15) is 18.3 Å². The first-order valence-corrected chi connectivity index (χ1v) is 7.96. The lowest BCUT2D eigenvalue weighted by Crippen LogP contribution is -2.32. The number of benzene rings is 2. The van der Waals surface area contributed by atoms with E-state index < -0.39 is 17.8 Å². The molecule has 0 radical (unpaired) electrons. The Morgan fingerprint density at radius 2 is 1.64 bits per heavy atom. The molecular formula is C19H22F3NO2. The Kier molecular flexibility index (Phi) is 6.45. The van der Waals surface area contributed by atoms with Crippen LogP contribution in [0.3, 0.4) is 0 Å². The van der Waals surface area contributed by atoms with Crippen LogP contribution in [0.25, 0.3) is 0 Å². The van der Waals surface area contributed by atoms with Crippen molar-refractivity contribution in [3.8, 4) is 5.75 Å². The zero-order valence-electron chi connectivity index (χ0n) is 14.3. The van der Waals surface area contributed by atoms with E-state index in [0.717, 1.165) is 17.7 Å². The van der Waals surface area contributed by atoms with Crippen LogP contribution in [-0.2, 0) is 12.7 Å². The van der Waals surface area contributed by atoms with Crippen LogP contribution in [0.1, 0.15) is 16.7 Å². The van der Waals surface area contributed by atoms with Gasteiger partial charge in [0, 0.05) is 13.1 Å². The Labute approximate surface area is 145 Å². The molecular weight excluding hydrogens is 331 g/mol. The maximum Gasteiger partial charge on any atom is 0.416 e. The van der Waals surface area contributed by atoms with E-state index in [1.165, 1.54) is 17.7 Å². The van der Waals surface area contributed by atoms with Crippen molar-refractivity contribution in [3.05, 3.63) is 65.2 Å². The Morgan fingerprint density at radius 3 is 2.20 bits per heavy atom. The fraction of sp³-hybridized carbons (Fsp3) is 0.368. The molecule has 3 nitrogen and oxygen atoms in total. The van der Waals surface area contributed by atoms with E-state index >= 15 is 0 Å². The smallest absolute Gasteiger partial charge is 0.416 e. The average Bonchev–Trinajstić information content (AvgIpc) is 2.54. The predicted molar refractivity (Wildman–Crippen MR) is 90.5 cm³/mol. The Morgan fingerprint density at radius 1 is 1.04 bits per heavy atom. The highest BCUT2D eigenvalue weighted by Crippen LogP contribution is 2.30. The van der Waals surface area contributed by atoms with E-state index in [0.29, 0.717) is 18.8 Å². The van der Waals surface area contributed by atoms with Gasteiger partial charge in [-0.05, 0) is 43.8 Å². The van der Waals surface area contributed by atoms with Crippen molar-refractivity contribution < 1.29 is 23.0 Å². The number of nitrogens with zero attached hydrogens (tertiary/aromatic N) is 1. The monoisotopic (exact) mass is 353 g/mol. The van der Waals surface area contributed by atoms with Crippen LogP contribution in [0.5, 0.6) is 5.75 Å². The number of aliphatic hydroxyl groups excluding tert-OH is 1. The van der Waals surface area contributed by atoms with Crippen LogP contribution in [-0.4, -0.2) is 36.3 Å². The van der Waals surface area contributed by atoms with Gasteiger partial charge < -0.3 is 9.84 Å². The summed E-state index contributed by atoms with van der Waals surface area (Å²) in [7, 11) is 1.89. The fourth-order valence-electron chi connectivity index (χ4n) is 2.41. The molecule has 0 spiro atoms. The summed E-state index contributed by atoms with van der Waals surface area (Å²) in [5.41, 5.74) is 1.61. The highest BCUT2D eigenvalue weighted by Gasteiger charge is 2.30. The molecule has 0 heterocycles. The second-order valence-corrected chi connectivity index (χ2v) is 6.17. The van der Waals surface area contributed by atoms with Gasteiger partial charge in [-0.15, -0.1) is 0 Å². The summed E-state index contributed by atoms with van der Waals surface area (Å²) < 4.78 is 42.8. The molecule has 0 bridgehead atoms. The SMILES string of the molecule is Cc1ccc(CN(C)CC(O)COc2ccc(C(F)(F)F)cc2)cc1. The highest BCUT2D eigenvalue weighted by atomic mass is 19.4. The molecule has 0 fully saturated rings. The van der Waals surface area contributed by atoms with Crippen molar-refractivity contribution in [2.75, 3.05) is 20.2 Å². The zero-order valence-corrected chi connectivity index (χ0v) is 14.3. The van der Waals surface area contributed by atoms with E-state index in [1.54, 1.807) is 0 Å². The van der Waals surface area contributed by atoms with E-state index in [2.05, 4.69) is 0 Å². The van der Waals surface area contributed by atoms with Crippen LogP contribution in [0, 0.1) is 6.92 Å². The largest absolute Gasteiger partial charge is 0.491 e. The third kappa shape index (κ3) is 6.40. The van der Waals surface area contributed by atoms with Gasteiger partial charge in [-0.25, -0.2) is 0 Å². The number of rotatable bonds is 7. The van der Waals surface area contributed by atoms with Gasteiger partial charge >= 0.3 is 6.18 Å². The molecule has 0 saturated carbocycles. The summed E-state index contributed by atoms with van der Waals surface area (Å²) in [6.07, 6.45) is -5.10. The average molecular weight is 353 g/mol. The molecule has 0 amide bonds. The first kappa shape index (κ1) is 19.3. The number of aryl methyl sites for hydroxylation is 1. The lowest BCUT2D eigenvalue weighted by atomic mass is 10.1. The molecule has 2 aromatic carbocycles. The topological polar surface area (TPSA) is 32.7 Å². The lowest BCUT2D eigenvalue weighted by Gasteiger charge is -2.21. The molecule has 2 rings (SSSR count). The van der Waals surface area contributed by atoms with Crippen LogP contribution < -0.4 is 4.74 Å². The molecule has 0 aliphatic rings. The second kappa shape index (κ2) is 8.36. The number of alkyl halides is 3. The normalized spacial score (nSPS) is 13.1. The van der Waals surface area contributed by atoms with Crippen LogP contribution in [0.15, 0.2) is 48.5 Å². The lowest BCUT2D eigenvalue weighted by molar-refractivity contribution is -0.137. The highest BCUT2D eigenvalue weighted by molar-refractivity contribution is 5.28. The van der Waals surface area contributed by atoms with Crippen molar-refractivity contribution in [3.63, 3.8) is 0 Å². The van der Waals surface area contributed by atoms with Crippen molar-refractivity contribution >= 4 is 0 Å². The molecule has 1 unspecified atom stereocenters. The van der Waals surface area contributed by atoms with Crippen molar-refractivity contribution in [1.82, 2.24) is 4.90 Å². The van der Waals surface area contributed by atoms with E-state index in [4.69, 9.17) is 4.74 Å². The molecule has 25 heavy (non-hydrogen) atoms. The molecule has 0 aromatic heterocycles. The number of hydrogen-bond donors (Lipinski definition) is 1. The number of halogens is 3. The predicted octanol–water partition coefficient (Wildman–Crippen LogP) is 3.89. The molecule has 1 N–H and O–H groups in total. The fourth-order valence-corrected chi connectivity index (χ4v) is 2.41. The second-order valence-electron chi connectivity index (χ2n) is 6.17. The van der Waals surface area contributed by atoms with E-state index in [1.807, 2.05) is 43.1 Å². The van der Waals surface area contributed by atoms with Crippen molar-refractivity contribution in [2.45, 2.75) is 25.7 Å². The standard InChI is InChI=1S/C19H22F3NO2/c1-14-3-5-15(6-4-14)11-23(2)12-17(24)13-25-18-9-7-16(8-10-18)19(20,21)22/h3-10,17,24H,11-13H2,1-2H3. The molecule has 6 heteroatoms.